The van der Waals surface area contributed by atoms with E-state index >= 15 is 0 Å². The summed E-state index contributed by atoms with van der Waals surface area (Å²) in [6, 6.07) is 20.6. The molecule has 4 rings (SSSR count). The zero-order chi connectivity index (χ0) is 21.1. The van der Waals surface area contributed by atoms with Gasteiger partial charge in [-0.25, -0.2) is 4.39 Å². The minimum atomic E-state index is -0.229. The van der Waals surface area contributed by atoms with Crippen LogP contribution >= 0.6 is 46.8 Å². The summed E-state index contributed by atoms with van der Waals surface area (Å²) in [6.07, 6.45) is 1.81. The van der Waals surface area contributed by atoms with Gasteiger partial charge in [-0.3, -0.25) is 4.72 Å². The summed E-state index contributed by atoms with van der Waals surface area (Å²) in [5.74, 6) is -0.229. The van der Waals surface area contributed by atoms with E-state index in [4.69, 9.17) is 34.8 Å². The molecule has 1 N–H and O–H groups in total. The number of hydrogen-bond donors (Lipinski definition) is 1. The van der Waals surface area contributed by atoms with Gasteiger partial charge in [0.2, 0.25) is 0 Å². The lowest BCUT2D eigenvalue weighted by Crippen LogP contribution is -2.43. The molecule has 7 heteroatoms. The largest absolute Gasteiger partial charge is 0.363 e. The average Bonchev–Trinajstić information content (AvgIpc) is 2.73. The highest BCUT2D eigenvalue weighted by Gasteiger charge is 2.31. The normalized spacial score (nSPS) is 19.1. The van der Waals surface area contributed by atoms with Crippen molar-refractivity contribution in [1.82, 2.24) is 4.72 Å². The molecule has 2 atom stereocenters. The zero-order valence-electron chi connectivity index (χ0n) is 16.0. The van der Waals surface area contributed by atoms with Crippen molar-refractivity contribution in [3.05, 3.63) is 93.2 Å². The summed E-state index contributed by atoms with van der Waals surface area (Å²) in [4.78, 5) is 3.19. The fraction of sp³-hybridized carbons (Fsp3) is 0.217. The molecule has 2 unspecified atom stereocenters. The van der Waals surface area contributed by atoms with Gasteiger partial charge in [0.15, 0.2) is 0 Å². The van der Waals surface area contributed by atoms with Crippen LogP contribution in [0.3, 0.4) is 0 Å². The molecule has 1 aliphatic rings. The Balaban J connectivity index is 1.55. The van der Waals surface area contributed by atoms with Gasteiger partial charge in [-0.1, -0.05) is 53.0 Å². The van der Waals surface area contributed by atoms with Gasteiger partial charge in [-0.05, 0) is 78.9 Å². The van der Waals surface area contributed by atoms with Crippen molar-refractivity contribution in [3.8, 4) is 0 Å². The van der Waals surface area contributed by atoms with Crippen molar-refractivity contribution in [2.24, 2.45) is 0 Å². The molecule has 3 aromatic carbocycles. The first-order valence-electron chi connectivity index (χ1n) is 9.65. The fourth-order valence-corrected chi connectivity index (χ4v) is 5.24. The standard InChI is InChI=1S/C23H20Cl3FN2S/c24-16-6-4-15(5-7-16)23-14-19(28-30-20-3-1-2-18(27)13-20)10-11-29(23)22-9-8-17(25)12-21(22)26/h1-9,12-13,19,23,28H,10-11,14H2. The van der Waals surface area contributed by atoms with E-state index in [-0.39, 0.29) is 17.9 Å². The Morgan fingerprint density at radius 2 is 1.70 bits per heavy atom. The highest BCUT2D eigenvalue weighted by Crippen LogP contribution is 2.40. The molecule has 0 radical (unpaired) electrons. The van der Waals surface area contributed by atoms with E-state index in [1.54, 1.807) is 12.1 Å². The van der Waals surface area contributed by atoms with Crippen LogP contribution in [0.5, 0.6) is 0 Å². The molecule has 2 nitrogen and oxygen atoms in total. The van der Waals surface area contributed by atoms with Crippen LogP contribution < -0.4 is 9.62 Å². The Bertz CT molecular complexity index is 1020. The molecule has 1 fully saturated rings. The first-order valence-corrected chi connectivity index (χ1v) is 11.6. The number of nitrogens with one attached hydrogen (secondary N) is 1. The number of hydrogen-bond acceptors (Lipinski definition) is 3. The lowest BCUT2D eigenvalue weighted by Gasteiger charge is -2.42. The first-order chi connectivity index (χ1) is 14.5. The van der Waals surface area contributed by atoms with E-state index < -0.39 is 0 Å². The van der Waals surface area contributed by atoms with E-state index in [0.717, 1.165) is 30.0 Å². The Kier molecular flexibility index (Phi) is 7.12. The van der Waals surface area contributed by atoms with Crippen LogP contribution in [0.1, 0.15) is 24.4 Å². The fourth-order valence-electron chi connectivity index (χ4n) is 3.76. The van der Waals surface area contributed by atoms with Gasteiger partial charge < -0.3 is 4.90 Å². The Morgan fingerprint density at radius 3 is 2.43 bits per heavy atom. The van der Waals surface area contributed by atoms with Crippen LogP contribution in [0.2, 0.25) is 15.1 Å². The van der Waals surface area contributed by atoms with Gasteiger partial charge in [-0.2, -0.15) is 0 Å². The van der Waals surface area contributed by atoms with Gasteiger partial charge in [0.1, 0.15) is 5.82 Å². The van der Waals surface area contributed by atoms with Crippen molar-refractivity contribution in [2.45, 2.75) is 29.8 Å². The van der Waals surface area contributed by atoms with Crippen molar-refractivity contribution >= 4 is 52.4 Å². The second kappa shape index (κ2) is 9.80. The van der Waals surface area contributed by atoms with Crippen LogP contribution in [0.15, 0.2) is 71.6 Å². The number of halogens is 4. The number of rotatable bonds is 5. The lowest BCUT2D eigenvalue weighted by molar-refractivity contribution is 0.404. The molecule has 0 saturated carbocycles. The lowest BCUT2D eigenvalue weighted by atomic mass is 9.91. The van der Waals surface area contributed by atoms with E-state index in [9.17, 15) is 4.39 Å². The third kappa shape index (κ3) is 5.24. The Hall–Kier alpha value is -1.43. The van der Waals surface area contributed by atoms with Crippen LogP contribution in [0.4, 0.5) is 10.1 Å². The molecule has 1 heterocycles. The predicted octanol–water partition coefficient (Wildman–Crippen LogP) is 7.79. The van der Waals surface area contributed by atoms with Crippen LogP contribution in [-0.4, -0.2) is 12.6 Å². The third-order valence-corrected chi connectivity index (χ3v) is 6.95. The molecule has 1 saturated heterocycles. The molecule has 156 valence electrons. The quantitative estimate of drug-likeness (QED) is 0.374. The number of benzene rings is 3. The Morgan fingerprint density at radius 1 is 0.933 bits per heavy atom. The topological polar surface area (TPSA) is 15.3 Å². The van der Waals surface area contributed by atoms with Gasteiger partial charge in [-0.15, -0.1) is 0 Å². The van der Waals surface area contributed by atoms with Gasteiger partial charge >= 0.3 is 0 Å². The second-order valence-electron chi connectivity index (χ2n) is 7.26. The smallest absolute Gasteiger partial charge is 0.124 e. The number of piperidine rings is 1. The molecule has 0 amide bonds. The molecule has 1 aliphatic heterocycles. The van der Waals surface area contributed by atoms with E-state index in [1.165, 1.54) is 29.6 Å². The maximum absolute atomic E-state index is 13.5. The highest BCUT2D eigenvalue weighted by atomic mass is 35.5. The molecular formula is C23H20Cl3FN2S. The number of nitrogens with zero attached hydrogens (tertiary/aromatic N) is 1. The van der Waals surface area contributed by atoms with Crippen LogP contribution in [0, 0.1) is 5.82 Å². The maximum Gasteiger partial charge on any atom is 0.124 e. The van der Waals surface area contributed by atoms with Crippen molar-refractivity contribution in [3.63, 3.8) is 0 Å². The molecule has 3 aromatic rings. The first kappa shape index (κ1) is 21.8. The monoisotopic (exact) mass is 480 g/mol. The summed E-state index contributed by atoms with van der Waals surface area (Å²) in [6.45, 7) is 0.829. The summed E-state index contributed by atoms with van der Waals surface area (Å²) in [5, 5.41) is 1.97. The number of anilines is 1. The molecule has 0 bridgehead atoms. The molecule has 0 aliphatic carbocycles. The molecule has 0 spiro atoms. The Labute approximate surface area is 195 Å². The van der Waals surface area contributed by atoms with Gasteiger partial charge in [0.05, 0.1) is 16.8 Å². The summed E-state index contributed by atoms with van der Waals surface area (Å²) in [7, 11) is 0. The summed E-state index contributed by atoms with van der Waals surface area (Å²) < 4.78 is 17.0. The van der Waals surface area contributed by atoms with Crippen LogP contribution in [-0.2, 0) is 0 Å². The molecule has 0 aromatic heterocycles. The highest BCUT2D eigenvalue weighted by molar-refractivity contribution is 7.97. The van der Waals surface area contributed by atoms with Crippen LogP contribution in [0.25, 0.3) is 0 Å². The van der Waals surface area contributed by atoms with E-state index in [0.29, 0.717) is 15.1 Å². The SMILES string of the molecule is Fc1cccc(SNC2CCN(c3ccc(Cl)cc3Cl)C(c3ccc(Cl)cc3)C2)c1. The van der Waals surface area contributed by atoms with Gasteiger partial charge in [0, 0.05) is 27.5 Å². The second-order valence-corrected chi connectivity index (χ2v) is 9.45. The van der Waals surface area contributed by atoms with Crippen molar-refractivity contribution in [1.29, 1.82) is 0 Å². The zero-order valence-corrected chi connectivity index (χ0v) is 19.1. The van der Waals surface area contributed by atoms with E-state index in [2.05, 4.69) is 21.8 Å². The van der Waals surface area contributed by atoms with E-state index in [1.807, 2.05) is 30.3 Å². The average molecular weight is 482 g/mol. The van der Waals surface area contributed by atoms with Gasteiger partial charge in [0.25, 0.3) is 0 Å². The predicted molar refractivity (Wildman–Crippen MR) is 126 cm³/mol. The van der Waals surface area contributed by atoms with Crippen molar-refractivity contribution < 1.29 is 4.39 Å². The minimum Gasteiger partial charge on any atom is -0.363 e. The molecule has 30 heavy (non-hydrogen) atoms. The summed E-state index contributed by atoms with van der Waals surface area (Å²) >= 11 is 20.2. The van der Waals surface area contributed by atoms with Crippen molar-refractivity contribution in [2.75, 3.05) is 11.4 Å². The third-order valence-electron chi connectivity index (χ3n) is 5.22. The molecular weight excluding hydrogens is 462 g/mol. The maximum atomic E-state index is 13.5. The summed E-state index contributed by atoms with van der Waals surface area (Å²) in [5.41, 5.74) is 2.14. The minimum absolute atomic E-state index is 0.125.